The maximum absolute atomic E-state index is 10.7. The number of nitriles is 1. The van der Waals surface area contributed by atoms with Crippen LogP contribution in [0.15, 0.2) is 17.1 Å². The number of hydrogen-bond acceptors (Lipinski definition) is 2. The van der Waals surface area contributed by atoms with Crippen LogP contribution in [0, 0.1) is 11.3 Å². The number of halogens is 1. The molecule has 1 aromatic rings. The minimum absolute atomic E-state index is 0.0735. The Morgan fingerprint density at radius 3 is 2.90 bits per heavy atom. The van der Waals surface area contributed by atoms with Gasteiger partial charge in [0.1, 0.15) is 16.8 Å². The lowest BCUT2D eigenvalue weighted by Crippen LogP contribution is -2.03. The SMILES string of the molecule is N#Cc1c[nH]c(Cl)cc1=O. The van der Waals surface area contributed by atoms with E-state index in [-0.39, 0.29) is 16.1 Å². The molecule has 0 saturated heterocycles. The van der Waals surface area contributed by atoms with Gasteiger partial charge >= 0.3 is 0 Å². The van der Waals surface area contributed by atoms with E-state index < -0.39 is 0 Å². The Bertz CT molecular complexity index is 336. The number of pyridine rings is 1. The van der Waals surface area contributed by atoms with Gasteiger partial charge in [-0.25, -0.2) is 0 Å². The summed E-state index contributed by atoms with van der Waals surface area (Å²) in [6.07, 6.45) is 1.28. The van der Waals surface area contributed by atoms with E-state index in [9.17, 15) is 4.79 Å². The largest absolute Gasteiger partial charge is 0.351 e. The number of nitrogens with one attached hydrogen (secondary N) is 1. The van der Waals surface area contributed by atoms with Crippen molar-refractivity contribution < 1.29 is 0 Å². The summed E-state index contributed by atoms with van der Waals surface area (Å²) in [6.45, 7) is 0. The standard InChI is InChI=1S/C6H3ClN2O/c7-6-1-5(10)4(2-8)3-9-6/h1,3H,(H,9,10). The first-order chi connectivity index (χ1) is 4.74. The van der Waals surface area contributed by atoms with Gasteiger partial charge in [0.25, 0.3) is 0 Å². The van der Waals surface area contributed by atoms with Crippen molar-refractivity contribution in [2.24, 2.45) is 0 Å². The zero-order valence-electron chi connectivity index (χ0n) is 4.89. The highest BCUT2D eigenvalue weighted by molar-refractivity contribution is 6.29. The quantitative estimate of drug-likeness (QED) is 0.565. The lowest BCUT2D eigenvalue weighted by Gasteiger charge is -1.87. The third-order valence-electron chi connectivity index (χ3n) is 0.998. The fraction of sp³-hybridized carbons (Fsp3) is 0. The number of nitrogens with zero attached hydrogens (tertiary/aromatic N) is 1. The predicted molar refractivity (Wildman–Crippen MR) is 36.8 cm³/mol. The first-order valence-electron chi connectivity index (χ1n) is 2.52. The number of aromatic nitrogens is 1. The average molecular weight is 155 g/mol. The third-order valence-corrected chi connectivity index (χ3v) is 1.22. The van der Waals surface area contributed by atoms with Crippen LogP contribution in [0.5, 0.6) is 0 Å². The van der Waals surface area contributed by atoms with E-state index in [2.05, 4.69) is 4.98 Å². The van der Waals surface area contributed by atoms with E-state index >= 15 is 0 Å². The van der Waals surface area contributed by atoms with Gasteiger partial charge in [0.05, 0.1) is 0 Å². The van der Waals surface area contributed by atoms with Crippen LogP contribution < -0.4 is 5.43 Å². The van der Waals surface area contributed by atoms with Crippen molar-refractivity contribution >= 4 is 11.6 Å². The molecule has 0 fully saturated rings. The highest BCUT2D eigenvalue weighted by Gasteiger charge is 1.95. The smallest absolute Gasteiger partial charge is 0.200 e. The minimum atomic E-state index is -0.355. The summed E-state index contributed by atoms with van der Waals surface area (Å²) in [6, 6.07) is 2.89. The molecule has 10 heavy (non-hydrogen) atoms. The van der Waals surface area contributed by atoms with Crippen LogP contribution >= 0.6 is 11.6 Å². The molecule has 1 rings (SSSR count). The fourth-order valence-electron chi connectivity index (χ4n) is 0.534. The predicted octanol–water partition coefficient (Wildman–Crippen LogP) is 0.900. The Balaban J connectivity index is 3.38. The van der Waals surface area contributed by atoms with Gasteiger partial charge in [0, 0.05) is 12.3 Å². The number of aromatic amines is 1. The van der Waals surface area contributed by atoms with Gasteiger partial charge in [-0.15, -0.1) is 0 Å². The summed E-state index contributed by atoms with van der Waals surface area (Å²) in [5, 5.41) is 8.54. The van der Waals surface area contributed by atoms with E-state index in [1.54, 1.807) is 6.07 Å². The summed E-state index contributed by atoms with van der Waals surface area (Å²) < 4.78 is 0. The second kappa shape index (κ2) is 2.54. The fourth-order valence-corrected chi connectivity index (χ4v) is 0.688. The second-order valence-corrected chi connectivity index (χ2v) is 2.08. The molecule has 0 aliphatic rings. The van der Waals surface area contributed by atoms with Gasteiger partial charge in [0.15, 0.2) is 0 Å². The average Bonchev–Trinajstić information content (AvgIpc) is 1.88. The van der Waals surface area contributed by atoms with Gasteiger partial charge < -0.3 is 4.98 Å². The van der Waals surface area contributed by atoms with Gasteiger partial charge in [-0.05, 0) is 0 Å². The maximum atomic E-state index is 10.7. The van der Waals surface area contributed by atoms with E-state index in [1.165, 1.54) is 12.3 Å². The molecule has 0 amide bonds. The Morgan fingerprint density at radius 2 is 2.40 bits per heavy atom. The molecule has 0 saturated carbocycles. The van der Waals surface area contributed by atoms with Crippen molar-refractivity contribution in [3.63, 3.8) is 0 Å². The van der Waals surface area contributed by atoms with Crippen molar-refractivity contribution in [3.05, 3.63) is 33.2 Å². The second-order valence-electron chi connectivity index (χ2n) is 1.67. The Morgan fingerprint density at radius 1 is 1.70 bits per heavy atom. The third kappa shape index (κ3) is 1.17. The molecule has 50 valence electrons. The van der Waals surface area contributed by atoms with E-state index in [0.717, 1.165) is 0 Å². The molecule has 0 aliphatic heterocycles. The van der Waals surface area contributed by atoms with Crippen LogP contribution in [0.4, 0.5) is 0 Å². The van der Waals surface area contributed by atoms with Gasteiger partial charge in [-0.3, -0.25) is 4.79 Å². The zero-order chi connectivity index (χ0) is 7.56. The highest BCUT2D eigenvalue weighted by atomic mass is 35.5. The molecule has 0 aromatic carbocycles. The topological polar surface area (TPSA) is 56.6 Å². The summed E-state index contributed by atoms with van der Waals surface area (Å²) in [5.41, 5.74) is -0.282. The molecule has 0 unspecified atom stereocenters. The van der Waals surface area contributed by atoms with Crippen LogP contribution in [0.2, 0.25) is 5.15 Å². The first kappa shape index (κ1) is 6.84. The summed E-state index contributed by atoms with van der Waals surface area (Å²) >= 11 is 5.41. The van der Waals surface area contributed by atoms with Crippen molar-refractivity contribution in [2.45, 2.75) is 0 Å². The number of rotatable bonds is 0. The van der Waals surface area contributed by atoms with Crippen LogP contribution in [0.3, 0.4) is 0 Å². The van der Waals surface area contributed by atoms with Crippen LogP contribution in [0.25, 0.3) is 0 Å². The number of hydrogen-bond donors (Lipinski definition) is 1. The molecule has 0 atom stereocenters. The molecule has 0 bridgehead atoms. The first-order valence-corrected chi connectivity index (χ1v) is 2.90. The lowest BCUT2D eigenvalue weighted by atomic mass is 10.3. The normalized spacial score (nSPS) is 8.80. The summed E-state index contributed by atoms with van der Waals surface area (Å²) in [4.78, 5) is 13.3. The van der Waals surface area contributed by atoms with E-state index in [4.69, 9.17) is 16.9 Å². The van der Waals surface area contributed by atoms with Gasteiger partial charge in [0.2, 0.25) is 5.43 Å². The molecule has 0 spiro atoms. The van der Waals surface area contributed by atoms with Crippen molar-refractivity contribution in [1.29, 1.82) is 5.26 Å². The monoisotopic (exact) mass is 154 g/mol. The minimum Gasteiger partial charge on any atom is -0.351 e. The van der Waals surface area contributed by atoms with Gasteiger partial charge in [-0.2, -0.15) is 5.26 Å². The molecule has 0 aliphatic carbocycles. The maximum Gasteiger partial charge on any atom is 0.200 e. The van der Waals surface area contributed by atoms with E-state index in [0.29, 0.717) is 0 Å². The van der Waals surface area contributed by atoms with Crippen molar-refractivity contribution in [1.82, 2.24) is 4.98 Å². The molecule has 3 nitrogen and oxygen atoms in total. The molecule has 1 N–H and O–H groups in total. The summed E-state index contributed by atoms with van der Waals surface area (Å²) in [7, 11) is 0. The Hall–Kier alpha value is -1.27. The van der Waals surface area contributed by atoms with E-state index in [1.807, 2.05) is 0 Å². The molecular weight excluding hydrogens is 152 g/mol. The van der Waals surface area contributed by atoms with Crippen LogP contribution in [0.1, 0.15) is 5.56 Å². The van der Waals surface area contributed by atoms with Crippen molar-refractivity contribution in [2.75, 3.05) is 0 Å². The number of H-pyrrole nitrogens is 1. The Labute approximate surface area is 61.9 Å². The van der Waals surface area contributed by atoms with Gasteiger partial charge in [-0.1, -0.05) is 11.6 Å². The van der Waals surface area contributed by atoms with Crippen molar-refractivity contribution in [3.8, 4) is 6.07 Å². The molecular formula is C6H3ClN2O. The molecule has 1 aromatic heterocycles. The summed E-state index contributed by atoms with van der Waals surface area (Å²) in [5.74, 6) is 0. The molecule has 4 heteroatoms. The Kier molecular flexibility index (Phi) is 1.74. The molecule has 1 heterocycles. The van der Waals surface area contributed by atoms with Crippen LogP contribution in [-0.2, 0) is 0 Å². The lowest BCUT2D eigenvalue weighted by molar-refractivity contribution is 1.27. The molecule has 0 radical (unpaired) electrons. The zero-order valence-corrected chi connectivity index (χ0v) is 5.64. The van der Waals surface area contributed by atoms with Crippen LogP contribution in [-0.4, -0.2) is 4.98 Å². The highest BCUT2D eigenvalue weighted by Crippen LogP contribution is 1.97.